The summed E-state index contributed by atoms with van der Waals surface area (Å²) in [5.74, 6) is 0.696. The van der Waals surface area contributed by atoms with Crippen molar-refractivity contribution in [1.29, 1.82) is 0 Å². The maximum absolute atomic E-state index is 12.2. The molecule has 128 valence electrons. The number of hydrogen-bond donors (Lipinski definition) is 1. The summed E-state index contributed by atoms with van der Waals surface area (Å²) in [5.41, 5.74) is 4.20. The first-order valence-electron chi connectivity index (χ1n) is 7.66. The molecule has 2 aromatic carbocycles. The Bertz CT molecular complexity index is 906. The number of ether oxygens (including phenoxy) is 1. The molecule has 4 nitrogen and oxygen atoms in total. The number of aryl methyl sites for hydroxylation is 2. The van der Waals surface area contributed by atoms with Gasteiger partial charge in [-0.3, -0.25) is 4.79 Å². The van der Waals surface area contributed by atoms with Crippen LogP contribution in [0.3, 0.4) is 0 Å². The number of hydrogen-bond acceptors (Lipinski definition) is 4. The molecule has 1 saturated heterocycles. The monoisotopic (exact) mass is 464 g/mol. The topological polar surface area (TPSA) is 50.7 Å². The number of benzene rings is 2. The molecule has 25 heavy (non-hydrogen) atoms. The summed E-state index contributed by atoms with van der Waals surface area (Å²) in [6.45, 7) is 4.12. The molecule has 1 fully saturated rings. The lowest BCUT2D eigenvalue weighted by Crippen LogP contribution is -2.19. The fraction of sp³-hybridized carbons (Fsp3) is 0.158. The second kappa shape index (κ2) is 7.61. The highest BCUT2D eigenvalue weighted by Crippen LogP contribution is 2.30. The molecule has 1 aliphatic heterocycles. The minimum atomic E-state index is -0.126. The number of carbonyl (C=O) groups excluding carboxylic acids is 1. The molecule has 1 aliphatic rings. The van der Waals surface area contributed by atoms with E-state index in [0.717, 1.165) is 20.6 Å². The Balaban J connectivity index is 1.83. The molecule has 1 N–H and O–H groups in total. The smallest absolute Gasteiger partial charge is 0.264 e. The summed E-state index contributed by atoms with van der Waals surface area (Å²) in [4.78, 5) is 17.4. The van der Waals surface area contributed by atoms with Gasteiger partial charge in [0.15, 0.2) is 5.17 Å². The summed E-state index contributed by atoms with van der Waals surface area (Å²) in [6, 6.07) is 11.8. The van der Waals surface area contributed by atoms with Crippen molar-refractivity contribution < 1.29 is 9.53 Å². The normalized spacial score (nSPS) is 17.2. The Morgan fingerprint density at radius 3 is 2.64 bits per heavy atom. The van der Waals surface area contributed by atoms with Gasteiger partial charge in [-0.15, -0.1) is 0 Å². The van der Waals surface area contributed by atoms with E-state index in [0.29, 0.717) is 10.1 Å². The lowest BCUT2D eigenvalue weighted by molar-refractivity contribution is -0.115. The Kier molecular flexibility index (Phi) is 5.48. The van der Waals surface area contributed by atoms with Gasteiger partial charge in [-0.2, -0.15) is 0 Å². The van der Waals surface area contributed by atoms with Crippen molar-refractivity contribution in [3.63, 3.8) is 0 Å². The van der Waals surface area contributed by atoms with Gasteiger partial charge in [0.1, 0.15) is 5.75 Å². The van der Waals surface area contributed by atoms with Crippen LogP contribution >= 0.6 is 34.4 Å². The quantitative estimate of drug-likeness (QED) is 0.524. The van der Waals surface area contributed by atoms with Gasteiger partial charge in [0.05, 0.1) is 21.3 Å². The van der Waals surface area contributed by atoms with Crippen molar-refractivity contribution in [2.24, 2.45) is 4.99 Å². The Morgan fingerprint density at radius 2 is 1.96 bits per heavy atom. The van der Waals surface area contributed by atoms with E-state index >= 15 is 0 Å². The highest BCUT2D eigenvalue weighted by molar-refractivity contribution is 14.1. The molecule has 1 amide bonds. The van der Waals surface area contributed by atoms with Gasteiger partial charge >= 0.3 is 0 Å². The van der Waals surface area contributed by atoms with Crippen LogP contribution in [-0.4, -0.2) is 18.2 Å². The minimum Gasteiger partial charge on any atom is -0.496 e. The lowest BCUT2D eigenvalue weighted by Gasteiger charge is -2.03. The van der Waals surface area contributed by atoms with Crippen molar-refractivity contribution in [3.05, 3.63) is 61.6 Å². The number of nitrogens with zero attached hydrogens (tertiary/aromatic N) is 1. The van der Waals surface area contributed by atoms with E-state index in [1.807, 2.05) is 42.5 Å². The number of methoxy groups -OCH3 is 1. The zero-order valence-corrected chi connectivity index (χ0v) is 17.1. The lowest BCUT2D eigenvalue weighted by atomic mass is 10.1. The summed E-state index contributed by atoms with van der Waals surface area (Å²) < 4.78 is 6.26. The third-order valence-corrected chi connectivity index (χ3v) is 5.60. The highest BCUT2D eigenvalue weighted by Gasteiger charge is 2.23. The fourth-order valence-corrected chi connectivity index (χ4v) is 3.92. The Hall–Kier alpha value is -1.80. The van der Waals surface area contributed by atoms with Gasteiger partial charge in [0.25, 0.3) is 5.91 Å². The summed E-state index contributed by atoms with van der Waals surface area (Å²) >= 11 is 3.57. The van der Waals surface area contributed by atoms with Crippen molar-refractivity contribution >= 4 is 57.2 Å². The van der Waals surface area contributed by atoms with Crippen LogP contribution in [0.1, 0.15) is 16.7 Å². The highest BCUT2D eigenvalue weighted by atomic mass is 127. The molecule has 3 rings (SSSR count). The second-order valence-electron chi connectivity index (χ2n) is 5.64. The predicted octanol–water partition coefficient (Wildman–Crippen LogP) is 4.81. The number of carbonyl (C=O) groups is 1. The number of halogens is 1. The summed E-state index contributed by atoms with van der Waals surface area (Å²) in [7, 11) is 1.64. The van der Waals surface area contributed by atoms with Crippen LogP contribution in [0.4, 0.5) is 5.69 Å². The zero-order valence-electron chi connectivity index (χ0n) is 14.1. The van der Waals surface area contributed by atoms with Crippen molar-refractivity contribution in [2.45, 2.75) is 13.8 Å². The molecular formula is C19H17IN2O2S. The maximum Gasteiger partial charge on any atom is 0.264 e. The molecule has 2 aromatic rings. The molecule has 0 aliphatic carbocycles. The molecule has 0 unspecified atom stereocenters. The Labute approximate surface area is 164 Å². The van der Waals surface area contributed by atoms with Crippen LogP contribution in [0.15, 0.2) is 46.3 Å². The van der Waals surface area contributed by atoms with Gasteiger partial charge in [0.2, 0.25) is 0 Å². The van der Waals surface area contributed by atoms with Crippen LogP contribution < -0.4 is 10.1 Å². The third-order valence-electron chi connectivity index (χ3n) is 3.85. The van der Waals surface area contributed by atoms with E-state index in [-0.39, 0.29) is 5.91 Å². The zero-order chi connectivity index (χ0) is 18.0. The van der Waals surface area contributed by atoms with Gasteiger partial charge in [-0.1, -0.05) is 12.1 Å². The fourth-order valence-electron chi connectivity index (χ4n) is 2.32. The Morgan fingerprint density at radius 1 is 1.16 bits per heavy atom. The first-order valence-corrected chi connectivity index (χ1v) is 9.56. The van der Waals surface area contributed by atoms with Crippen molar-refractivity contribution in [1.82, 2.24) is 5.32 Å². The van der Waals surface area contributed by atoms with E-state index in [4.69, 9.17) is 4.74 Å². The first kappa shape index (κ1) is 18.0. The van der Waals surface area contributed by atoms with Gasteiger partial charge in [0, 0.05) is 0 Å². The number of rotatable bonds is 3. The van der Waals surface area contributed by atoms with Crippen LogP contribution in [0.25, 0.3) is 6.08 Å². The molecule has 0 radical (unpaired) electrons. The van der Waals surface area contributed by atoms with E-state index in [9.17, 15) is 4.79 Å². The van der Waals surface area contributed by atoms with Crippen molar-refractivity contribution in [2.75, 3.05) is 7.11 Å². The van der Waals surface area contributed by atoms with Crippen LogP contribution in [0.5, 0.6) is 5.75 Å². The number of amidine groups is 1. The van der Waals surface area contributed by atoms with E-state index in [1.165, 1.54) is 22.9 Å². The number of amides is 1. The van der Waals surface area contributed by atoms with Gasteiger partial charge in [-0.25, -0.2) is 4.99 Å². The van der Waals surface area contributed by atoms with Crippen LogP contribution in [0, 0.1) is 17.4 Å². The van der Waals surface area contributed by atoms with E-state index in [2.05, 4.69) is 46.7 Å². The summed E-state index contributed by atoms with van der Waals surface area (Å²) in [6.07, 6.45) is 1.87. The molecule has 0 spiro atoms. The standard InChI is InChI=1S/C19H17IN2O2S/c1-11-4-6-14(8-12(11)2)21-19-22-18(23)17(25-19)10-13-5-7-16(24-3)15(20)9-13/h4-10H,1-3H3,(H,21,22,23)/b17-10-. The molecule has 1 heterocycles. The maximum atomic E-state index is 12.2. The van der Waals surface area contributed by atoms with Crippen LogP contribution in [-0.2, 0) is 4.79 Å². The van der Waals surface area contributed by atoms with Crippen LogP contribution in [0.2, 0.25) is 0 Å². The van der Waals surface area contributed by atoms with Gasteiger partial charge in [-0.05, 0) is 95.2 Å². The molecule has 0 atom stereocenters. The second-order valence-corrected chi connectivity index (χ2v) is 7.84. The predicted molar refractivity (Wildman–Crippen MR) is 112 cm³/mol. The SMILES string of the molecule is COc1ccc(/C=C2\SC(=Nc3ccc(C)c(C)c3)NC2=O)cc1I. The van der Waals surface area contributed by atoms with E-state index < -0.39 is 0 Å². The largest absolute Gasteiger partial charge is 0.496 e. The van der Waals surface area contributed by atoms with E-state index in [1.54, 1.807) is 7.11 Å². The van der Waals surface area contributed by atoms with Crippen molar-refractivity contribution in [3.8, 4) is 5.75 Å². The number of nitrogens with one attached hydrogen (secondary N) is 1. The first-order chi connectivity index (χ1) is 12.0. The number of thioether (sulfide) groups is 1. The van der Waals surface area contributed by atoms with Gasteiger partial charge < -0.3 is 10.1 Å². The third kappa shape index (κ3) is 4.24. The summed E-state index contributed by atoms with van der Waals surface area (Å²) in [5, 5.41) is 3.42. The average molecular weight is 464 g/mol. The minimum absolute atomic E-state index is 0.126. The molecule has 0 aromatic heterocycles. The molecular weight excluding hydrogens is 447 g/mol. The average Bonchev–Trinajstić information content (AvgIpc) is 2.90. The molecule has 6 heteroatoms. The molecule has 0 saturated carbocycles. The number of aliphatic imine (C=N–C) groups is 1. The molecule has 0 bridgehead atoms.